The molecule has 0 saturated carbocycles. The van der Waals surface area contributed by atoms with Crippen LogP contribution in [-0.4, -0.2) is 37.5 Å². The fourth-order valence-corrected chi connectivity index (χ4v) is 0.518. The lowest BCUT2D eigenvalue weighted by Gasteiger charge is -2.09. The van der Waals surface area contributed by atoms with E-state index in [1.807, 2.05) is 20.8 Å². The van der Waals surface area contributed by atoms with Crippen LogP contribution in [0, 0.1) is 0 Å². The molecule has 0 aromatic rings. The van der Waals surface area contributed by atoms with Crippen LogP contribution in [0.25, 0.3) is 0 Å². The zero-order valence-electron chi connectivity index (χ0n) is 7.95. The molecule has 0 bridgehead atoms. The molecule has 0 fully saturated rings. The van der Waals surface area contributed by atoms with Crippen LogP contribution in [0.1, 0.15) is 20.8 Å². The summed E-state index contributed by atoms with van der Waals surface area (Å²) < 4.78 is 10.1. The highest BCUT2D eigenvalue weighted by molar-refractivity contribution is 5.49. The van der Waals surface area contributed by atoms with Gasteiger partial charge in [-0.05, 0) is 20.8 Å². The number of hydrogen-bond donors (Lipinski definition) is 1. The van der Waals surface area contributed by atoms with Crippen LogP contribution in [0.15, 0.2) is 0 Å². The van der Waals surface area contributed by atoms with Crippen molar-refractivity contribution < 1.29 is 19.4 Å². The second-order valence-corrected chi connectivity index (χ2v) is 1.83. The van der Waals surface area contributed by atoms with Gasteiger partial charge in [0.1, 0.15) is 6.29 Å². The van der Waals surface area contributed by atoms with Gasteiger partial charge in [0.25, 0.3) is 0 Å². The largest absolute Gasteiger partial charge is 0.389 e. The normalized spacial score (nSPS) is 9.08. The van der Waals surface area contributed by atoms with Gasteiger partial charge in [0.05, 0.1) is 6.61 Å². The Morgan fingerprint density at radius 2 is 1.67 bits per heavy atom. The second kappa shape index (κ2) is 13.2. The van der Waals surface area contributed by atoms with Crippen molar-refractivity contribution in [1.29, 1.82) is 0 Å². The van der Waals surface area contributed by atoms with Crippen LogP contribution in [0.3, 0.4) is 0 Å². The Kier molecular flexibility index (Phi) is 15.5. The van der Waals surface area contributed by atoms with Crippen LogP contribution in [0.4, 0.5) is 0 Å². The topological polar surface area (TPSA) is 55.8 Å². The first-order chi connectivity index (χ1) is 5.72. The Labute approximate surface area is 73.5 Å². The molecular weight excluding hydrogens is 160 g/mol. The molecule has 0 amide bonds. The minimum Gasteiger partial charge on any atom is -0.389 e. The van der Waals surface area contributed by atoms with Gasteiger partial charge in [-0.25, -0.2) is 0 Å². The van der Waals surface area contributed by atoms with Crippen molar-refractivity contribution in [2.75, 3.05) is 19.8 Å². The number of rotatable bonds is 5. The molecule has 0 aliphatic rings. The lowest BCUT2D eigenvalue weighted by molar-refractivity contribution is -0.123. The van der Waals surface area contributed by atoms with Crippen molar-refractivity contribution >= 4 is 6.29 Å². The average Bonchev–Trinajstić information content (AvgIpc) is 2.06. The van der Waals surface area contributed by atoms with Gasteiger partial charge in [-0.2, -0.15) is 0 Å². The Balaban J connectivity index is 0. The van der Waals surface area contributed by atoms with E-state index in [-0.39, 0.29) is 12.9 Å². The van der Waals surface area contributed by atoms with Crippen LogP contribution >= 0.6 is 0 Å². The summed E-state index contributed by atoms with van der Waals surface area (Å²) in [7, 11) is 0. The van der Waals surface area contributed by atoms with Gasteiger partial charge < -0.3 is 19.4 Å². The molecule has 0 aromatic heterocycles. The minimum absolute atomic E-state index is 0.0370. The van der Waals surface area contributed by atoms with Crippen molar-refractivity contribution in [3.05, 3.63) is 0 Å². The van der Waals surface area contributed by atoms with Gasteiger partial charge >= 0.3 is 0 Å². The Morgan fingerprint density at radius 3 is 1.83 bits per heavy atom. The molecular formula is C8H18O4. The molecule has 0 radical (unpaired) electrons. The number of carbonyl (C=O) groups excluding carboxylic acids is 1. The quantitative estimate of drug-likeness (QED) is 0.494. The Hall–Kier alpha value is -0.450. The predicted molar refractivity (Wildman–Crippen MR) is 45.9 cm³/mol. The van der Waals surface area contributed by atoms with Gasteiger partial charge in [-0.15, -0.1) is 0 Å². The van der Waals surface area contributed by atoms with E-state index in [4.69, 9.17) is 19.4 Å². The highest BCUT2D eigenvalue weighted by Gasteiger charge is 1.94. The van der Waals surface area contributed by atoms with Gasteiger partial charge in [-0.1, -0.05) is 0 Å². The number of aldehydes is 1. The molecule has 74 valence electrons. The molecule has 0 atom stereocenters. The summed E-state index contributed by atoms with van der Waals surface area (Å²) in [4.78, 5) is 8.92. The molecule has 0 unspecified atom stereocenters. The summed E-state index contributed by atoms with van der Waals surface area (Å²) in [6.45, 7) is 6.89. The van der Waals surface area contributed by atoms with E-state index in [1.165, 1.54) is 0 Å². The number of ether oxygens (including phenoxy) is 2. The third-order valence-electron chi connectivity index (χ3n) is 0.877. The maximum absolute atomic E-state index is 8.92. The number of carbonyl (C=O) groups is 1. The molecule has 0 spiro atoms. The lowest BCUT2D eigenvalue weighted by Crippen LogP contribution is -2.11. The summed E-state index contributed by atoms with van der Waals surface area (Å²) in [5, 5.41) is 7.51. The van der Waals surface area contributed by atoms with E-state index < -0.39 is 0 Å². The number of aliphatic hydroxyl groups is 1. The summed E-state index contributed by atoms with van der Waals surface area (Å²) in [5.41, 5.74) is 0. The highest BCUT2D eigenvalue weighted by atomic mass is 16.7. The average molecular weight is 178 g/mol. The van der Waals surface area contributed by atoms with Gasteiger partial charge in [0, 0.05) is 13.2 Å². The zero-order valence-corrected chi connectivity index (χ0v) is 7.95. The van der Waals surface area contributed by atoms with Crippen LogP contribution in [0.2, 0.25) is 0 Å². The molecule has 4 heteroatoms. The predicted octanol–water partition coefficient (Wildman–Crippen LogP) is 0.583. The first-order valence-corrected chi connectivity index (χ1v) is 4.00. The van der Waals surface area contributed by atoms with Crippen molar-refractivity contribution in [2.45, 2.75) is 27.1 Å². The summed E-state index contributed by atoms with van der Waals surface area (Å²) in [6, 6.07) is 0. The second-order valence-electron chi connectivity index (χ2n) is 1.83. The van der Waals surface area contributed by atoms with Crippen molar-refractivity contribution in [3.63, 3.8) is 0 Å². The zero-order chi connectivity index (χ0) is 9.82. The third kappa shape index (κ3) is 16.3. The standard InChI is InChI=1S/C6H14O2.C2H4O2/c1-4-7-6(3)8-5-2;3-1-2-4/h6H,4-5H2,1-3H3;1,4H,2H2. The van der Waals surface area contributed by atoms with E-state index >= 15 is 0 Å². The molecule has 1 N–H and O–H groups in total. The molecule has 0 aromatic carbocycles. The molecule has 0 aliphatic heterocycles. The molecule has 0 aliphatic carbocycles. The van der Waals surface area contributed by atoms with E-state index in [9.17, 15) is 0 Å². The monoisotopic (exact) mass is 178 g/mol. The minimum atomic E-state index is -0.361. The SMILES string of the molecule is CCOC(C)OCC.O=CCO. The lowest BCUT2D eigenvalue weighted by atomic mass is 10.7. The van der Waals surface area contributed by atoms with Crippen LogP contribution < -0.4 is 0 Å². The molecule has 0 heterocycles. The van der Waals surface area contributed by atoms with E-state index in [2.05, 4.69) is 0 Å². The van der Waals surface area contributed by atoms with Gasteiger partial charge in [-0.3, -0.25) is 0 Å². The van der Waals surface area contributed by atoms with Crippen LogP contribution in [0.5, 0.6) is 0 Å². The maximum atomic E-state index is 8.92. The third-order valence-corrected chi connectivity index (χ3v) is 0.877. The van der Waals surface area contributed by atoms with Crippen molar-refractivity contribution in [1.82, 2.24) is 0 Å². The Bertz CT molecular complexity index is 79.1. The fourth-order valence-electron chi connectivity index (χ4n) is 0.518. The number of aliphatic hydroxyl groups excluding tert-OH is 1. The molecule has 12 heavy (non-hydrogen) atoms. The van der Waals surface area contributed by atoms with E-state index in [1.54, 1.807) is 0 Å². The van der Waals surface area contributed by atoms with Crippen molar-refractivity contribution in [3.8, 4) is 0 Å². The summed E-state index contributed by atoms with van der Waals surface area (Å²) in [6.07, 6.45) is 0.394. The number of hydrogen-bond acceptors (Lipinski definition) is 4. The van der Waals surface area contributed by atoms with Crippen molar-refractivity contribution in [2.24, 2.45) is 0 Å². The smallest absolute Gasteiger partial charge is 0.154 e. The molecule has 4 nitrogen and oxygen atoms in total. The summed E-state index contributed by atoms with van der Waals surface area (Å²) in [5.74, 6) is 0. The maximum Gasteiger partial charge on any atom is 0.154 e. The molecule has 0 rings (SSSR count). The Morgan fingerprint density at radius 1 is 1.33 bits per heavy atom. The van der Waals surface area contributed by atoms with E-state index in [0.29, 0.717) is 6.29 Å². The van der Waals surface area contributed by atoms with Gasteiger partial charge in [0.2, 0.25) is 0 Å². The first-order valence-electron chi connectivity index (χ1n) is 4.00. The fraction of sp³-hybridized carbons (Fsp3) is 0.875. The van der Waals surface area contributed by atoms with Crippen LogP contribution in [-0.2, 0) is 14.3 Å². The summed E-state index contributed by atoms with van der Waals surface area (Å²) >= 11 is 0. The highest BCUT2D eigenvalue weighted by Crippen LogP contribution is 1.90. The first kappa shape index (κ1) is 14.1. The van der Waals surface area contributed by atoms with E-state index in [0.717, 1.165) is 13.2 Å². The molecule has 0 saturated heterocycles. The van der Waals surface area contributed by atoms with Gasteiger partial charge in [0.15, 0.2) is 6.29 Å².